The van der Waals surface area contributed by atoms with Crippen LogP contribution in [0.4, 0.5) is 0 Å². The molecule has 0 fully saturated rings. The highest BCUT2D eigenvalue weighted by Crippen LogP contribution is 2.12. The number of rotatable bonds is 3. The lowest BCUT2D eigenvalue weighted by molar-refractivity contribution is 1.08. The van der Waals surface area contributed by atoms with Crippen LogP contribution in [0.15, 0.2) is 24.5 Å². The Kier molecular flexibility index (Phi) is 3.50. The molecule has 70 valence electrons. The van der Waals surface area contributed by atoms with Crippen molar-refractivity contribution in [3.8, 4) is 0 Å². The van der Waals surface area contributed by atoms with E-state index in [0.717, 1.165) is 12.2 Å². The Balaban J connectivity index is 3.00. The highest BCUT2D eigenvalue weighted by atomic mass is 15.0. The first kappa shape index (κ1) is 9.78. The van der Waals surface area contributed by atoms with Crippen molar-refractivity contribution >= 4 is 11.8 Å². The van der Waals surface area contributed by atoms with Gasteiger partial charge in [-0.2, -0.15) is 0 Å². The fourth-order valence-corrected chi connectivity index (χ4v) is 1.30. The quantitative estimate of drug-likeness (QED) is 0.691. The van der Waals surface area contributed by atoms with Crippen molar-refractivity contribution in [2.24, 2.45) is 0 Å². The fraction of sp³-hybridized carbons (Fsp3) is 0.364. The van der Waals surface area contributed by atoms with E-state index >= 15 is 0 Å². The number of aromatic nitrogens is 2. The summed E-state index contributed by atoms with van der Waals surface area (Å²) in [6.07, 6.45) is 11.0. The van der Waals surface area contributed by atoms with Crippen LogP contribution in [-0.2, 0) is 0 Å². The topological polar surface area (TPSA) is 17.8 Å². The first-order valence-electron chi connectivity index (χ1n) is 4.62. The average molecular weight is 176 g/mol. The molecule has 0 saturated carbocycles. The normalized spacial score (nSPS) is 12.7. The molecule has 1 aromatic heterocycles. The molecule has 13 heavy (non-hydrogen) atoms. The lowest BCUT2D eigenvalue weighted by atomic mass is 10.2. The van der Waals surface area contributed by atoms with Crippen LogP contribution in [0.1, 0.15) is 33.0 Å². The van der Waals surface area contributed by atoms with Crippen LogP contribution in [0.2, 0.25) is 0 Å². The summed E-state index contributed by atoms with van der Waals surface area (Å²) < 4.78 is 2.03. The predicted molar refractivity (Wildman–Crippen MR) is 57.2 cm³/mol. The molecule has 0 atom stereocenters. The molecule has 0 amide bonds. The maximum absolute atomic E-state index is 4.30. The molecule has 1 rings (SSSR count). The van der Waals surface area contributed by atoms with Gasteiger partial charge >= 0.3 is 0 Å². The number of imidazole rings is 1. The van der Waals surface area contributed by atoms with E-state index in [0.29, 0.717) is 0 Å². The van der Waals surface area contributed by atoms with E-state index in [9.17, 15) is 0 Å². The number of hydrogen-bond acceptors (Lipinski definition) is 1. The second kappa shape index (κ2) is 4.65. The molecule has 2 nitrogen and oxygen atoms in total. The maximum atomic E-state index is 4.30. The minimum absolute atomic E-state index is 1.03. The third kappa shape index (κ3) is 2.31. The van der Waals surface area contributed by atoms with Gasteiger partial charge in [0.15, 0.2) is 0 Å². The molecule has 0 spiro atoms. The zero-order valence-corrected chi connectivity index (χ0v) is 8.49. The molecule has 0 radical (unpaired) electrons. The molecule has 0 saturated heterocycles. The molecule has 0 N–H and O–H groups in total. The van der Waals surface area contributed by atoms with Gasteiger partial charge in [0.1, 0.15) is 5.82 Å². The molecule has 1 aromatic rings. The minimum atomic E-state index is 1.03. The molecule has 0 aromatic carbocycles. The van der Waals surface area contributed by atoms with Gasteiger partial charge in [-0.25, -0.2) is 4.98 Å². The van der Waals surface area contributed by atoms with Crippen LogP contribution in [-0.4, -0.2) is 9.55 Å². The molecule has 0 unspecified atom stereocenters. The Labute approximate surface area is 79.6 Å². The van der Waals surface area contributed by atoms with Crippen molar-refractivity contribution in [2.75, 3.05) is 0 Å². The summed E-state index contributed by atoms with van der Waals surface area (Å²) in [5.74, 6) is 1.03. The van der Waals surface area contributed by atoms with Crippen molar-refractivity contribution in [3.63, 3.8) is 0 Å². The zero-order chi connectivity index (χ0) is 9.68. The summed E-state index contributed by atoms with van der Waals surface area (Å²) in [5, 5.41) is 0. The summed E-state index contributed by atoms with van der Waals surface area (Å²) in [4.78, 5) is 4.30. The SMILES string of the molecule is C/C=C\n1ccnc1/C(C)=C/CC. The first-order chi connectivity index (χ1) is 6.29. The van der Waals surface area contributed by atoms with E-state index in [-0.39, 0.29) is 0 Å². The van der Waals surface area contributed by atoms with Crippen LogP contribution >= 0.6 is 0 Å². The Morgan fingerprint density at radius 1 is 1.62 bits per heavy atom. The standard InChI is InChI=1S/C11H16N2/c1-4-6-10(3)11-12-7-9-13(11)8-5-2/h5-9H,4H2,1-3H3/b8-5-,10-6+. The van der Waals surface area contributed by atoms with E-state index < -0.39 is 0 Å². The molecular weight excluding hydrogens is 160 g/mol. The summed E-state index contributed by atoms with van der Waals surface area (Å²) in [6, 6.07) is 0. The van der Waals surface area contributed by atoms with Gasteiger partial charge in [0.25, 0.3) is 0 Å². The Bertz CT molecular complexity index is 319. The van der Waals surface area contributed by atoms with Gasteiger partial charge in [0.2, 0.25) is 0 Å². The number of allylic oxidation sites excluding steroid dienone is 3. The second-order valence-electron chi connectivity index (χ2n) is 2.94. The van der Waals surface area contributed by atoms with Crippen molar-refractivity contribution in [3.05, 3.63) is 30.4 Å². The largest absolute Gasteiger partial charge is 0.307 e. The highest BCUT2D eigenvalue weighted by molar-refractivity contribution is 5.59. The third-order valence-electron chi connectivity index (χ3n) is 1.84. The lowest BCUT2D eigenvalue weighted by Crippen LogP contribution is -1.92. The fourth-order valence-electron chi connectivity index (χ4n) is 1.30. The zero-order valence-electron chi connectivity index (χ0n) is 8.49. The average Bonchev–Trinajstić information content (AvgIpc) is 2.54. The summed E-state index contributed by atoms with van der Waals surface area (Å²) in [6.45, 7) is 6.22. The molecule has 0 bridgehead atoms. The summed E-state index contributed by atoms with van der Waals surface area (Å²) in [7, 11) is 0. The van der Waals surface area contributed by atoms with Gasteiger partial charge in [0, 0.05) is 18.6 Å². The van der Waals surface area contributed by atoms with Gasteiger partial charge < -0.3 is 4.57 Å². The van der Waals surface area contributed by atoms with Gasteiger partial charge in [0.05, 0.1) is 0 Å². The number of hydrogen-bond donors (Lipinski definition) is 0. The monoisotopic (exact) mass is 176 g/mol. The minimum Gasteiger partial charge on any atom is -0.307 e. The van der Waals surface area contributed by atoms with Crippen LogP contribution < -0.4 is 0 Å². The van der Waals surface area contributed by atoms with E-state index in [1.54, 1.807) is 0 Å². The maximum Gasteiger partial charge on any atom is 0.139 e. The van der Waals surface area contributed by atoms with Gasteiger partial charge in [-0.05, 0) is 25.8 Å². The molecule has 1 heterocycles. The van der Waals surface area contributed by atoms with Crippen LogP contribution in [0.25, 0.3) is 11.8 Å². The van der Waals surface area contributed by atoms with E-state index in [4.69, 9.17) is 0 Å². The van der Waals surface area contributed by atoms with Crippen LogP contribution in [0, 0.1) is 0 Å². The highest BCUT2D eigenvalue weighted by Gasteiger charge is 2.00. The van der Waals surface area contributed by atoms with Crippen molar-refractivity contribution in [1.29, 1.82) is 0 Å². The molecule has 0 aliphatic carbocycles. The molecule has 0 aliphatic heterocycles. The van der Waals surface area contributed by atoms with Crippen LogP contribution in [0.3, 0.4) is 0 Å². The van der Waals surface area contributed by atoms with E-state index in [1.165, 1.54) is 5.57 Å². The smallest absolute Gasteiger partial charge is 0.139 e. The van der Waals surface area contributed by atoms with Crippen molar-refractivity contribution in [2.45, 2.75) is 27.2 Å². The van der Waals surface area contributed by atoms with Gasteiger partial charge in [-0.15, -0.1) is 0 Å². The van der Waals surface area contributed by atoms with E-state index in [1.807, 2.05) is 36.2 Å². The van der Waals surface area contributed by atoms with Gasteiger partial charge in [-0.1, -0.05) is 19.1 Å². The third-order valence-corrected chi connectivity index (χ3v) is 1.84. The van der Waals surface area contributed by atoms with E-state index in [2.05, 4.69) is 24.9 Å². The summed E-state index contributed by atoms with van der Waals surface area (Å²) in [5.41, 5.74) is 1.23. The molecule has 2 heteroatoms. The van der Waals surface area contributed by atoms with Crippen molar-refractivity contribution < 1.29 is 0 Å². The summed E-state index contributed by atoms with van der Waals surface area (Å²) >= 11 is 0. The molecular formula is C11H16N2. The molecule has 0 aliphatic rings. The van der Waals surface area contributed by atoms with Crippen molar-refractivity contribution in [1.82, 2.24) is 9.55 Å². The number of nitrogens with zero attached hydrogens (tertiary/aromatic N) is 2. The second-order valence-corrected chi connectivity index (χ2v) is 2.94. The Hall–Kier alpha value is -1.31. The van der Waals surface area contributed by atoms with Gasteiger partial charge in [-0.3, -0.25) is 0 Å². The predicted octanol–water partition coefficient (Wildman–Crippen LogP) is 3.19. The Morgan fingerprint density at radius 3 is 3.00 bits per heavy atom. The van der Waals surface area contributed by atoms with Crippen LogP contribution in [0.5, 0.6) is 0 Å². The first-order valence-corrected chi connectivity index (χ1v) is 4.62. The Morgan fingerprint density at radius 2 is 2.38 bits per heavy atom. The lowest BCUT2D eigenvalue weighted by Gasteiger charge is -2.01.